The Kier molecular flexibility index (Phi) is 5.18. The minimum atomic E-state index is -3.71. The molecule has 1 saturated heterocycles. The molecule has 0 spiro atoms. The number of piperazine rings is 1. The van der Waals surface area contributed by atoms with Crippen molar-refractivity contribution >= 4 is 20.0 Å². The minimum absolute atomic E-state index is 0.0941. The van der Waals surface area contributed by atoms with E-state index in [4.69, 9.17) is 0 Å². The molecule has 27 heavy (non-hydrogen) atoms. The van der Waals surface area contributed by atoms with E-state index in [2.05, 4.69) is 10.2 Å². The van der Waals surface area contributed by atoms with Gasteiger partial charge in [-0.2, -0.15) is 18.8 Å². The van der Waals surface area contributed by atoms with Gasteiger partial charge >= 0.3 is 0 Å². The maximum Gasteiger partial charge on any atom is 0.246 e. The molecule has 1 aliphatic heterocycles. The highest BCUT2D eigenvalue weighted by Gasteiger charge is 2.36. The molecule has 1 aliphatic rings. The van der Waals surface area contributed by atoms with E-state index in [9.17, 15) is 16.8 Å². The highest BCUT2D eigenvalue weighted by atomic mass is 32.2. The largest absolute Gasteiger partial charge is 0.272 e. The van der Waals surface area contributed by atoms with Crippen LogP contribution in [0.2, 0.25) is 0 Å². The lowest BCUT2D eigenvalue weighted by molar-refractivity contribution is 0.272. The summed E-state index contributed by atoms with van der Waals surface area (Å²) in [6.07, 6.45) is 2.69. The maximum atomic E-state index is 12.9. The van der Waals surface area contributed by atoms with Crippen molar-refractivity contribution in [3.8, 4) is 0 Å². The fourth-order valence-corrected chi connectivity index (χ4v) is 6.35. The van der Waals surface area contributed by atoms with Gasteiger partial charge in [-0.3, -0.25) is 9.36 Å². The number of nitrogens with zero attached hydrogens (tertiary/aromatic N) is 6. The molecule has 3 heterocycles. The molecule has 0 amide bonds. The topological polar surface area (TPSA) is 110 Å². The van der Waals surface area contributed by atoms with Crippen LogP contribution in [0.15, 0.2) is 22.2 Å². The Morgan fingerprint density at radius 2 is 1.30 bits per heavy atom. The summed E-state index contributed by atoms with van der Waals surface area (Å²) in [6, 6.07) is 0. The van der Waals surface area contributed by atoms with E-state index in [0.29, 0.717) is 17.9 Å². The maximum absolute atomic E-state index is 12.9. The lowest BCUT2D eigenvalue weighted by atomic mass is 10.4. The molecule has 0 atom stereocenters. The number of sulfonamides is 2. The fourth-order valence-electron chi connectivity index (χ4n) is 3.16. The zero-order valence-corrected chi connectivity index (χ0v) is 17.5. The van der Waals surface area contributed by atoms with Crippen molar-refractivity contribution in [1.82, 2.24) is 28.2 Å². The van der Waals surface area contributed by atoms with Gasteiger partial charge in [-0.1, -0.05) is 0 Å². The average molecular weight is 417 g/mol. The zero-order valence-electron chi connectivity index (χ0n) is 15.8. The second-order valence-electron chi connectivity index (χ2n) is 6.44. The Morgan fingerprint density at radius 3 is 1.67 bits per heavy atom. The molecule has 0 radical (unpaired) electrons. The molecular weight excluding hydrogens is 392 g/mol. The Hall–Kier alpha value is -1.76. The van der Waals surface area contributed by atoms with Crippen LogP contribution in [0.3, 0.4) is 0 Å². The molecule has 0 bridgehead atoms. The summed E-state index contributed by atoms with van der Waals surface area (Å²) in [6.45, 7) is 6.26. The molecule has 0 unspecified atom stereocenters. The summed E-state index contributed by atoms with van der Waals surface area (Å²) in [4.78, 5) is 0.324. The van der Waals surface area contributed by atoms with Gasteiger partial charge in [0.25, 0.3) is 0 Å². The summed E-state index contributed by atoms with van der Waals surface area (Å²) >= 11 is 0. The molecular formula is C15H24N6O4S2. The number of aromatic nitrogens is 4. The van der Waals surface area contributed by atoms with Crippen molar-refractivity contribution in [2.24, 2.45) is 7.05 Å². The molecule has 0 aliphatic carbocycles. The van der Waals surface area contributed by atoms with Gasteiger partial charge in [0.05, 0.1) is 23.8 Å². The fraction of sp³-hybridized carbons (Fsp3) is 0.600. The summed E-state index contributed by atoms with van der Waals surface area (Å²) in [5, 5.41) is 8.08. The molecule has 0 N–H and O–H groups in total. The summed E-state index contributed by atoms with van der Waals surface area (Å²) in [7, 11) is -5.73. The van der Waals surface area contributed by atoms with Crippen LogP contribution in [0.5, 0.6) is 0 Å². The van der Waals surface area contributed by atoms with E-state index >= 15 is 0 Å². The predicted octanol–water partition coefficient (Wildman–Crippen LogP) is -0.0515. The third-order valence-electron chi connectivity index (χ3n) is 4.98. The van der Waals surface area contributed by atoms with Crippen molar-refractivity contribution in [3.05, 3.63) is 23.8 Å². The van der Waals surface area contributed by atoms with Crippen LogP contribution in [0.25, 0.3) is 0 Å². The molecule has 1 fully saturated rings. The van der Waals surface area contributed by atoms with Crippen LogP contribution in [-0.4, -0.2) is 71.2 Å². The van der Waals surface area contributed by atoms with Gasteiger partial charge in [-0.15, -0.1) is 0 Å². The lowest BCUT2D eigenvalue weighted by Crippen LogP contribution is -2.50. The zero-order chi connectivity index (χ0) is 20.0. The average Bonchev–Trinajstić information content (AvgIpc) is 3.18. The highest BCUT2D eigenvalue weighted by molar-refractivity contribution is 7.89. The van der Waals surface area contributed by atoms with Crippen LogP contribution in [0.4, 0.5) is 0 Å². The van der Waals surface area contributed by atoms with E-state index in [-0.39, 0.29) is 36.0 Å². The van der Waals surface area contributed by atoms with Crippen LogP contribution in [-0.2, 0) is 33.6 Å². The predicted molar refractivity (Wildman–Crippen MR) is 98.1 cm³/mol. The monoisotopic (exact) mass is 416 g/mol. The van der Waals surface area contributed by atoms with Crippen molar-refractivity contribution in [2.75, 3.05) is 26.2 Å². The van der Waals surface area contributed by atoms with Crippen LogP contribution >= 0.6 is 0 Å². The van der Waals surface area contributed by atoms with Crippen molar-refractivity contribution < 1.29 is 16.8 Å². The van der Waals surface area contributed by atoms with Crippen LogP contribution in [0, 0.1) is 13.8 Å². The first kappa shape index (κ1) is 20.0. The Bertz CT molecular complexity index is 1050. The van der Waals surface area contributed by atoms with Gasteiger partial charge in [0.1, 0.15) is 9.79 Å². The van der Waals surface area contributed by atoms with Gasteiger partial charge < -0.3 is 0 Å². The molecule has 12 heteroatoms. The molecule has 10 nitrogen and oxygen atoms in total. The van der Waals surface area contributed by atoms with Gasteiger partial charge in [0.15, 0.2) is 0 Å². The molecule has 3 rings (SSSR count). The number of hydrogen-bond donors (Lipinski definition) is 0. The molecule has 0 saturated carbocycles. The first-order chi connectivity index (χ1) is 12.6. The van der Waals surface area contributed by atoms with E-state index in [0.717, 1.165) is 0 Å². The van der Waals surface area contributed by atoms with E-state index < -0.39 is 20.0 Å². The Labute approximate surface area is 159 Å². The van der Waals surface area contributed by atoms with Crippen molar-refractivity contribution in [3.63, 3.8) is 0 Å². The SMILES string of the molecule is CCn1ncc(S(=O)(=O)N2CCN(S(=O)(=O)c3cnn(C)c3C)CC2)c1C. The van der Waals surface area contributed by atoms with Gasteiger partial charge in [-0.25, -0.2) is 16.8 Å². The van der Waals surface area contributed by atoms with E-state index in [1.54, 1.807) is 25.6 Å². The summed E-state index contributed by atoms with van der Waals surface area (Å²) in [5.41, 5.74) is 1.13. The second kappa shape index (κ2) is 7.00. The molecule has 2 aromatic heterocycles. The Balaban J connectivity index is 1.79. The number of rotatable bonds is 5. The van der Waals surface area contributed by atoms with Crippen molar-refractivity contribution in [2.45, 2.75) is 37.1 Å². The Morgan fingerprint density at radius 1 is 0.852 bits per heavy atom. The quantitative estimate of drug-likeness (QED) is 0.676. The summed E-state index contributed by atoms with van der Waals surface area (Å²) in [5.74, 6) is 0. The standard InChI is InChI=1S/C15H24N6O4S2/c1-5-21-13(3)15(11-17-21)27(24,25)20-8-6-19(7-9-20)26(22,23)14-10-16-18(4)12(14)2/h10-11H,5-9H2,1-4H3. The third kappa shape index (κ3) is 3.30. The third-order valence-corrected chi connectivity index (χ3v) is 8.98. The molecule has 0 aromatic carbocycles. The van der Waals surface area contributed by atoms with Gasteiger partial charge in [0.2, 0.25) is 20.0 Å². The van der Waals surface area contributed by atoms with Gasteiger partial charge in [-0.05, 0) is 20.8 Å². The van der Waals surface area contributed by atoms with E-state index in [1.807, 2.05) is 6.92 Å². The molecule has 150 valence electrons. The van der Waals surface area contributed by atoms with Crippen molar-refractivity contribution in [1.29, 1.82) is 0 Å². The first-order valence-electron chi connectivity index (χ1n) is 8.62. The highest BCUT2D eigenvalue weighted by Crippen LogP contribution is 2.24. The first-order valence-corrected chi connectivity index (χ1v) is 11.5. The van der Waals surface area contributed by atoms with Crippen LogP contribution < -0.4 is 0 Å². The minimum Gasteiger partial charge on any atom is -0.272 e. The van der Waals surface area contributed by atoms with Crippen LogP contribution in [0.1, 0.15) is 18.3 Å². The second-order valence-corrected chi connectivity index (χ2v) is 10.2. The summed E-state index contributed by atoms with van der Waals surface area (Å²) < 4.78 is 57.3. The smallest absolute Gasteiger partial charge is 0.246 e. The normalized spacial score (nSPS) is 17.5. The lowest BCUT2D eigenvalue weighted by Gasteiger charge is -2.33. The van der Waals surface area contributed by atoms with E-state index in [1.165, 1.54) is 25.7 Å². The number of aryl methyl sites for hydroxylation is 2. The number of hydrogen-bond acceptors (Lipinski definition) is 6. The van der Waals surface area contributed by atoms with Gasteiger partial charge in [0, 0.05) is 39.8 Å². The molecule has 2 aromatic rings.